The van der Waals surface area contributed by atoms with Crippen molar-refractivity contribution in [1.82, 2.24) is 4.90 Å². The van der Waals surface area contributed by atoms with Crippen molar-refractivity contribution in [2.75, 3.05) is 11.5 Å². The molecule has 1 aliphatic rings. The summed E-state index contributed by atoms with van der Waals surface area (Å²) >= 11 is 12.3. The van der Waals surface area contributed by atoms with Gasteiger partial charge in [0.1, 0.15) is 5.75 Å². The summed E-state index contributed by atoms with van der Waals surface area (Å²) in [7, 11) is -3.15. The molecule has 162 valence electrons. The second-order valence-corrected chi connectivity index (χ2v) is 10.8. The lowest BCUT2D eigenvalue weighted by molar-refractivity contribution is -0.140. The van der Waals surface area contributed by atoms with Crippen molar-refractivity contribution < 1.29 is 17.9 Å². The maximum atomic E-state index is 13.3. The predicted molar refractivity (Wildman–Crippen MR) is 120 cm³/mol. The third-order valence-electron chi connectivity index (χ3n) is 5.24. The molecular weight excluding hydrogens is 445 g/mol. The van der Waals surface area contributed by atoms with Crippen LogP contribution in [0.5, 0.6) is 5.75 Å². The van der Waals surface area contributed by atoms with Crippen molar-refractivity contribution in [3.05, 3.63) is 63.1 Å². The Kier molecular flexibility index (Phi) is 7.00. The summed E-state index contributed by atoms with van der Waals surface area (Å²) in [6.45, 7) is 5.70. The van der Waals surface area contributed by atoms with E-state index in [1.165, 1.54) is 0 Å². The molecule has 0 bridgehead atoms. The van der Waals surface area contributed by atoms with Crippen LogP contribution in [0, 0.1) is 13.8 Å². The van der Waals surface area contributed by atoms with E-state index in [9.17, 15) is 13.2 Å². The summed E-state index contributed by atoms with van der Waals surface area (Å²) in [5.41, 5.74) is 2.57. The number of ether oxygens (including phenoxy) is 1. The molecule has 2 unspecified atom stereocenters. The van der Waals surface area contributed by atoms with Gasteiger partial charge in [0.05, 0.1) is 11.5 Å². The number of hydrogen-bond donors (Lipinski definition) is 0. The van der Waals surface area contributed by atoms with Gasteiger partial charge in [0.25, 0.3) is 5.91 Å². The lowest BCUT2D eigenvalue weighted by atomic mass is 10.1. The van der Waals surface area contributed by atoms with Crippen molar-refractivity contribution in [2.45, 2.75) is 45.9 Å². The van der Waals surface area contributed by atoms with E-state index in [1.54, 1.807) is 36.1 Å². The number of nitrogens with zero attached hydrogens (tertiary/aromatic N) is 1. The topological polar surface area (TPSA) is 63.7 Å². The van der Waals surface area contributed by atoms with Crippen LogP contribution >= 0.6 is 23.2 Å². The Labute approximate surface area is 187 Å². The average molecular weight is 470 g/mol. The molecule has 5 nitrogen and oxygen atoms in total. The lowest BCUT2D eigenvalue weighted by Crippen LogP contribution is -2.46. The van der Waals surface area contributed by atoms with Gasteiger partial charge in [-0.15, -0.1) is 0 Å². The molecular formula is C22H25Cl2NO4S. The van der Waals surface area contributed by atoms with Gasteiger partial charge in [0.2, 0.25) is 0 Å². The third kappa shape index (κ3) is 5.48. The van der Waals surface area contributed by atoms with Gasteiger partial charge in [-0.25, -0.2) is 8.42 Å². The second kappa shape index (κ2) is 9.16. The van der Waals surface area contributed by atoms with E-state index in [0.717, 1.165) is 16.7 Å². The van der Waals surface area contributed by atoms with Crippen LogP contribution in [-0.2, 0) is 21.2 Å². The van der Waals surface area contributed by atoms with Crippen LogP contribution in [0.3, 0.4) is 0 Å². The molecule has 2 aromatic carbocycles. The average Bonchev–Trinajstić information content (AvgIpc) is 3.03. The molecule has 1 saturated heterocycles. The van der Waals surface area contributed by atoms with Crippen LogP contribution in [0.1, 0.15) is 30.0 Å². The SMILES string of the molecule is Cc1cc(OC(C)C(=O)N(Cc2cccc(Cl)c2)C2CCS(=O)(=O)C2)cc(C)c1Cl. The smallest absolute Gasteiger partial charge is 0.263 e. The first-order valence-electron chi connectivity index (χ1n) is 9.74. The van der Waals surface area contributed by atoms with E-state index in [4.69, 9.17) is 27.9 Å². The van der Waals surface area contributed by atoms with Crippen LogP contribution in [0.15, 0.2) is 36.4 Å². The first kappa shape index (κ1) is 22.9. The first-order valence-corrected chi connectivity index (χ1v) is 12.3. The van der Waals surface area contributed by atoms with Crippen LogP contribution in [-0.4, -0.2) is 42.9 Å². The van der Waals surface area contributed by atoms with Crippen molar-refractivity contribution in [3.8, 4) is 5.75 Å². The molecule has 2 aromatic rings. The largest absolute Gasteiger partial charge is 0.481 e. The monoisotopic (exact) mass is 469 g/mol. The fourth-order valence-electron chi connectivity index (χ4n) is 3.70. The predicted octanol–water partition coefficient (Wildman–Crippen LogP) is 4.59. The van der Waals surface area contributed by atoms with Gasteiger partial charge in [0, 0.05) is 22.6 Å². The standard InChI is InChI=1S/C22H25Cl2NO4S/c1-14-9-20(10-15(2)21(14)24)29-16(3)22(26)25(19-7-8-30(27,28)13-19)12-17-5-4-6-18(23)11-17/h4-6,9-11,16,19H,7-8,12-13H2,1-3H3. The van der Waals surface area contributed by atoms with Gasteiger partial charge in [-0.3, -0.25) is 4.79 Å². The summed E-state index contributed by atoms with van der Waals surface area (Å²) in [5.74, 6) is 0.340. The highest BCUT2D eigenvalue weighted by atomic mass is 35.5. The molecule has 8 heteroatoms. The molecule has 1 heterocycles. The van der Waals surface area contributed by atoms with Crippen LogP contribution in [0.2, 0.25) is 10.0 Å². The molecule has 3 rings (SSSR count). The Balaban J connectivity index is 1.83. The number of carbonyl (C=O) groups excluding carboxylic acids is 1. The quantitative estimate of drug-likeness (QED) is 0.620. The number of benzene rings is 2. The van der Waals surface area contributed by atoms with E-state index in [-0.39, 0.29) is 30.0 Å². The molecule has 0 saturated carbocycles. The maximum Gasteiger partial charge on any atom is 0.263 e. The Morgan fingerprint density at radius 3 is 2.43 bits per heavy atom. The third-order valence-corrected chi connectivity index (χ3v) is 7.83. The summed E-state index contributed by atoms with van der Waals surface area (Å²) < 4.78 is 30.0. The fraction of sp³-hybridized carbons (Fsp3) is 0.409. The minimum absolute atomic E-state index is 0.0365. The van der Waals surface area contributed by atoms with Gasteiger partial charge in [0.15, 0.2) is 15.9 Å². The van der Waals surface area contributed by atoms with Crippen LogP contribution < -0.4 is 4.74 Å². The zero-order valence-corrected chi connectivity index (χ0v) is 19.5. The summed E-state index contributed by atoms with van der Waals surface area (Å²) in [5, 5.41) is 1.23. The number of sulfone groups is 1. The van der Waals surface area contributed by atoms with Crippen molar-refractivity contribution in [1.29, 1.82) is 0 Å². The summed E-state index contributed by atoms with van der Waals surface area (Å²) in [4.78, 5) is 14.9. The Bertz CT molecular complexity index is 1030. The summed E-state index contributed by atoms with van der Waals surface area (Å²) in [6, 6.07) is 10.4. The highest BCUT2D eigenvalue weighted by Gasteiger charge is 2.36. The molecule has 0 radical (unpaired) electrons. The molecule has 0 spiro atoms. The first-order chi connectivity index (χ1) is 14.1. The highest BCUT2D eigenvalue weighted by Crippen LogP contribution is 2.28. The molecule has 1 fully saturated rings. The Hall–Kier alpha value is -1.76. The Morgan fingerprint density at radius 2 is 1.87 bits per heavy atom. The number of halogens is 2. The van der Waals surface area contributed by atoms with Gasteiger partial charge >= 0.3 is 0 Å². The van der Waals surface area contributed by atoms with Gasteiger partial charge in [-0.1, -0.05) is 35.3 Å². The van der Waals surface area contributed by atoms with E-state index in [2.05, 4.69) is 0 Å². The van der Waals surface area contributed by atoms with Crippen LogP contribution in [0.4, 0.5) is 0 Å². The van der Waals surface area contributed by atoms with Crippen molar-refractivity contribution in [2.24, 2.45) is 0 Å². The minimum Gasteiger partial charge on any atom is -0.481 e. The molecule has 30 heavy (non-hydrogen) atoms. The molecule has 0 aliphatic carbocycles. The van der Waals surface area contributed by atoms with Crippen molar-refractivity contribution in [3.63, 3.8) is 0 Å². The van der Waals surface area contributed by atoms with E-state index < -0.39 is 15.9 Å². The fourth-order valence-corrected chi connectivity index (χ4v) is 5.76. The molecule has 0 N–H and O–H groups in total. The number of amides is 1. The zero-order valence-electron chi connectivity index (χ0n) is 17.2. The minimum atomic E-state index is -3.15. The number of aryl methyl sites for hydroxylation is 2. The number of carbonyl (C=O) groups is 1. The highest BCUT2D eigenvalue weighted by molar-refractivity contribution is 7.91. The van der Waals surface area contributed by atoms with Crippen LogP contribution in [0.25, 0.3) is 0 Å². The van der Waals surface area contributed by atoms with Crippen molar-refractivity contribution >= 4 is 38.9 Å². The van der Waals surface area contributed by atoms with Gasteiger partial charge < -0.3 is 9.64 Å². The molecule has 1 amide bonds. The second-order valence-electron chi connectivity index (χ2n) is 7.78. The summed E-state index contributed by atoms with van der Waals surface area (Å²) in [6.07, 6.45) is -0.368. The van der Waals surface area contributed by atoms with E-state index in [1.807, 2.05) is 26.0 Å². The zero-order chi connectivity index (χ0) is 22.1. The number of hydrogen-bond acceptors (Lipinski definition) is 4. The van der Waals surface area contributed by atoms with E-state index in [0.29, 0.717) is 22.2 Å². The Morgan fingerprint density at radius 1 is 1.20 bits per heavy atom. The molecule has 2 atom stereocenters. The number of rotatable bonds is 6. The lowest BCUT2D eigenvalue weighted by Gasteiger charge is -2.31. The normalized spacial score (nSPS) is 18.8. The van der Waals surface area contributed by atoms with E-state index >= 15 is 0 Å². The van der Waals surface area contributed by atoms with Gasteiger partial charge in [-0.05, 0) is 68.1 Å². The maximum absolute atomic E-state index is 13.3. The van der Waals surface area contributed by atoms with Gasteiger partial charge in [-0.2, -0.15) is 0 Å². The molecule has 0 aromatic heterocycles. The molecule has 1 aliphatic heterocycles.